The molecule has 0 aliphatic carbocycles. The number of para-hydroxylation sites is 1. The molecule has 1 saturated heterocycles. The fraction of sp³-hybridized carbons (Fsp3) is 0.478. The van der Waals surface area contributed by atoms with Crippen molar-refractivity contribution in [2.75, 3.05) is 31.1 Å². The Balaban J connectivity index is 1.47. The fourth-order valence-electron chi connectivity index (χ4n) is 3.65. The van der Waals surface area contributed by atoms with Gasteiger partial charge in [-0.15, -0.1) is 11.3 Å². The lowest BCUT2D eigenvalue weighted by molar-refractivity contribution is -0.153. The van der Waals surface area contributed by atoms with Gasteiger partial charge in [-0.3, -0.25) is 9.59 Å². The van der Waals surface area contributed by atoms with Crippen LogP contribution in [0.1, 0.15) is 30.2 Å². The zero-order chi connectivity index (χ0) is 23.1. The van der Waals surface area contributed by atoms with E-state index in [2.05, 4.69) is 22.5 Å². The fourth-order valence-corrected chi connectivity index (χ4v) is 4.77. The third-order valence-electron chi connectivity index (χ3n) is 5.57. The van der Waals surface area contributed by atoms with Gasteiger partial charge in [0.05, 0.1) is 17.3 Å². The molecule has 1 aliphatic heterocycles. The molecule has 3 rings (SSSR count). The Labute approximate surface area is 197 Å². The Hall–Kier alpha value is -2.13. The lowest BCUT2D eigenvalue weighted by Gasteiger charge is -2.37. The van der Waals surface area contributed by atoms with E-state index in [1.165, 1.54) is 10.5 Å². The van der Waals surface area contributed by atoms with Crippen molar-refractivity contribution in [1.29, 1.82) is 0 Å². The summed E-state index contributed by atoms with van der Waals surface area (Å²) in [7, 11) is 0. The number of unbranched alkanes of at least 4 members (excludes halogenated alkanes) is 1. The first-order valence-corrected chi connectivity index (χ1v) is 12.1. The molecule has 0 radical (unpaired) electrons. The van der Waals surface area contributed by atoms with E-state index in [0.29, 0.717) is 31.2 Å². The minimum absolute atomic E-state index is 0.254. The molecule has 9 heteroatoms. The predicted octanol–water partition coefficient (Wildman–Crippen LogP) is 2.43. The zero-order valence-corrected chi connectivity index (χ0v) is 19.7. The molecule has 2 heterocycles. The van der Waals surface area contributed by atoms with Crippen molar-refractivity contribution < 1.29 is 19.8 Å². The molecule has 1 fully saturated rings. The van der Waals surface area contributed by atoms with Crippen LogP contribution in [0.15, 0.2) is 35.7 Å². The van der Waals surface area contributed by atoms with Gasteiger partial charge in [0.25, 0.3) is 11.8 Å². The van der Waals surface area contributed by atoms with Gasteiger partial charge in [0, 0.05) is 31.1 Å². The van der Waals surface area contributed by atoms with Gasteiger partial charge in [-0.05, 0) is 42.0 Å². The molecule has 174 valence electrons. The highest BCUT2D eigenvalue weighted by molar-refractivity contribution is 7.10. The van der Waals surface area contributed by atoms with Crippen molar-refractivity contribution in [3.05, 3.63) is 51.2 Å². The second-order valence-electron chi connectivity index (χ2n) is 7.90. The molecule has 0 spiro atoms. The average molecular weight is 480 g/mol. The summed E-state index contributed by atoms with van der Waals surface area (Å²) in [5, 5.41) is 25.8. The highest BCUT2D eigenvalue weighted by atomic mass is 35.5. The van der Waals surface area contributed by atoms with E-state index in [-0.39, 0.29) is 6.54 Å². The molecule has 7 nitrogen and oxygen atoms in total. The number of aryl methyl sites for hydroxylation is 1. The highest BCUT2D eigenvalue weighted by Gasteiger charge is 2.34. The van der Waals surface area contributed by atoms with E-state index in [4.69, 9.17) is 11.6 Å². The first-order chi connectivity index (χ1) is 15.4. The summed E-state index contributed by atoms with van der Waals surface area (Å²) in [6.07, 6.45) is -0.383. The Morgan fingerprint density at radius 3 is 2.56 bits per heavy atom. The molecular weight excluding hydrogens is 450 g/mol. The topological polar surface area (TPSA) is 93.1 Å². The maximum atomic E-state index is 12.6. The monoisotopic (exact) mass is 479 g/mol. The van der Waals surface area contributed by atoms with E-state index in [0.717, 1.165) is 29.8 Å². The summed E-state index contributed by atoms with van der Waals surface area (Å²) >= 11 is 7.78. The second kappa shape index (κ2) is 11.7. The average Bonchev–Trinajstić information content (AvgIpc) is 3.28. The van der Waals surface area contributed by atoms with Crippen LogP contribution >= 0.6 is 22.9 Å². The highest BCUT2D eigenvalue weighted by Crippen LogP contribution is 2.26. The standard InChI is InChI=1S/C23H30ClN3O4S/c1-2-3-6-16-13-17(32-15-16)14-25-22(30)20(28)21(29)23(31)27-11-9-26(10-12-27)19-8-5-4-7-18(19)24/h4-5,7-8,13,15,20-21,28-29H,2-3,6,9-12,14H2,1H3,(H,25,30)/t20-,21-/m1/s1. The number of thiophene rings is 1. The number of hydrogen-bond donors (Lipinski definition) is 3. The first-order valence-electron chi connectivity index (χ1n) is 10.9. The number of carbonyl (C=O) groups excluding carboxylic acids is 2. The lowest BCUT2D eigenvalue weighted by Crippen LogP contribution is -2.55. The van der Waals surface area contributed by atoms with Crippen molar-refractivity contribution in [2.24, 2.45) is 0 Å². The van der Waals surface area contributed by atoms with Crippen molar-refractivity contribution in [1.82, 2.24) is 10.2 Å². The van der Waals surface area contributed by atoms with Gasteiger partial charge in [0.15, 0.2) is 12.2 Å². The van der Waals surface area contributed by atoms with E-state index in [1.807, 2.05) is 30.3 Å². The number of hydrogen-bond acceptors (Lipinski definition) is 6. The Morgan fingerprint density at radius 1 is 1.16 bits per heavy atom. The van der Waals surface area contributed by atoms with Crippen molar-refractivity contribution in [3.8, 4) is 0 Å². The minimum atomic E-state index is -1.82. The maximum Gasteiger partial charge on any atom is 0.254 e. The summed E-state index contributed by atoms with van der Waals surface area (Å²) in [5.74, 6) is -1.41. The van der Waals surface area contributed by atoms with E-state index < -0.39 is 24.0 Å². The molecule has 3 N–H and O–H groups in total. The van der Waals surface area contributed by atoms with Crippen molar-refractivity contribution in [2.45, 2.75) is 44.9 Å². The van der Waals surface area contributed by atoms with Crippen LogP contribution in [-0.4, -0.2) is 65.3 Å². The lowest BCUT2D eigenvalue weighted by atomic mass is 10.1. The molecule has 2 atom stereocenters. The van der Waals surface area contributed by atoms with Gasteiger partial charge < -0.3 is 25.3 Å². The number of anilines is 1. The maximum absolute atomic E-state index is 12.6. The van der Waals surface area contributed by atoms with E-state index >= 15 is 0 Å². The van der Waals surface area contributed by atoms with Gasteiger partial charge >= 0.3 is 0 Å². The van der Waals surface area contributed by atoms with Crippen LogP contribution in [0.3, 0.4) is 0 Å². The quantitative estimate of drug-likeness (QED) is 0.513. The summed E-state index contributed by atoms with van der Waals surface area (Å²) in [4.78, 5) is 29.4. The normalized spacial score (nSPS) is 16.0. The molecule has 32 heavy (non-hydrogen) atoms. The molecule has 2 aromatic rings. The number of halogens is 1. The molecule has 1 aromatic carbocycles. The molecule has 0 unspecified atom stereocenters. The Kier molecular flexibility index (Phi) is 8.92. The molecule has 1 aromatic heterocycles. The molecule has 0 saturated carbocycles. The number of rotatable bonds is 9. The predicted molar refractivity (Wildman–Crippen MR) is 127 cm³/mol. The van der Waals surface area contributed by atoms with Crippen LogP contribution < -0.4 is 10.2 Å². The van der Waals surface area contributed by atoms with E-state index in [1.54, 1.807) is 11.3 Å². The number of nitrogens with zero attached hydrogens (tertiary/aromatic N) is 2. The summed E-state index contributed by atoms with van der Waals surface area (Å²) in [5.41, 5.74) is 2.13. The van der Waals surface area contributed by atoms with Crippen LogP contribution in [0.2, 0.25) is 5.02 Å². The minimum Gasteiger partial charge on any atom is -0.380 e. The number of benzene rings is 1. The van der Waals surface area contributed by atoms with Crippen LogP contribution in [0, 0.1) is 0 Å². The molecule has 2 amide bonds. The van der Waals surface area contributed by atoms with Gasteiger partial charge in [-0.25, -0.2) is 0 Å². The molecule has 0 bridgehead atoms. The van der Waals surface area contributed by atoms with Gasteiger partial charge in [0.1, 0.15) is 0 Å². The second-order valence-corrected chi connectivity index (χ2v) is 9.30. The zero-order valence-electron chi connectivity index (χ0n) is 18.2. The largest absolute Gasteiger partial charge is 0.380 e. The summed E-state index contributed by atoms with van der Waals surface area (Å²) in [6.45, 7) is 4.22. The van der Waals surface area contributed by atoms with Crippen LogP contribution in [0.5, 0.6) is 0 Å². The number of aliphatic hydroxyl groups is 2. The van der Waals surface area contributed by atoms with Crippen molar-refractivity contribution >= 4 is 40.4 Å². The van der Waals surface area contributed by atoms with Gasteiger partial charge in [0.2, 0.25) is 0 Å². The number of amides is 2. The first kappa shape index (κ1) is 24.5. The molecule has 1 aliphatic rings. The Morgan fingerprint density at radius 2 is 1.88 bits per heavy atom. The number of carbonyl (C=O) groups is 2. The van der Waals surface area contributed by atoms with Crippen LogP contribution in [-0.2, 0) is 22.6 Å². The van der Waals surface area contributed by atoms with Gasteiger partial charge in [-0.1, -0.05) is 37.1 Å². The SMILES string of the molecule is CCCCc1csc(CNC(=O)[C@H](O)[C@@H](O)C(=O)N2CCN(c3ccccc3Cl)CC2)c1. The van der Waals surface area contributed by atoms with Crippen LogP contribution in [0.4, 0.5) is 5.69 Å². The van der Waals surface area contributed by atoms with Crippen molar-refractivity contribution in [3.63, 3.8) is 0 Å². The van der Waals surface area contributed by atoms with Crippen LogP contribution in [0.25, 0.3) is 0 Å². The Bertz CT molecular complexity index is 914. The summed E-state index contributed by atoms with van der Waals surface area (Å²) in [6, 6.07) is 9.53. The van der Waals surface area contributed by atoms with Gasteiger partial charge in [-0.2, -0.15) is 0 Å². The number of aliphatic hydroxyl groups excluding tert-OH is 2. The molecular formula is C23H30ClN3O4S. The third-order valence-corrected chi connectivity index (χ3v) is 6.87. The van der Waals surface area contributed by atoms with E-state index in [9.17, 15) is 19.8 Å². The summed E-state index contributed by atoms with van der Waals surface area (Å²) < 4.78 is 0. The number of piperazine rings is 1. The number of nitrogens with one attached hydrogen (secondary N) is 1. The smallest absolute Gasteiger partial charge is 0.254 e. The third kappa shape index (κ3) is 6.22.